The summed E-state index contributed by atoms with van der Waals surface area (Å²) in [7, 11) is 0. The minimum absolute atomic E-state index is 0.944. The molecule has 0 amide bonds. The van der Waals surface area contributed by atoms with Crippen LogP contribution in [0.1, 0.15) is 13.3 Å². The van der Waals surface area contributed by atoms with Crippen LogP contribution in [0.3, 0.4) is 0 Å². The summed E-state index contributed by atoms with van der Waals surface area (Å²) in [5.41, 5.74) is 0. The van der Waals surface area contributed by atoms with Gasteiger partial charge in [-0.1, -0.05) is 13.0 Å². The zero-order valence-electron chi connectivity index (χ0n) is 5.00. The second-order valence-corrected chi connectivity index (χ2v) is 3.94. The molecule has 0 bridgehead atoms. The molecule has 1 aliphatic carbocycles. The zero-order chi connectivity index (χ0) is 5.56. The summed E-state index contributed by atoms with van der Waals surface area (Å²) in [5, 5.41) is 3.24. The van der Waals surface area contributed by atoms with Gasteiger partial charge >= 0.3 is 0 Å². The fourth-order valence-corrected chi connectivity index (χ4v) is 2.98. The highest BCUT2D eigenvalue weighted by molar-refractivity contribution is 8.03. The summed E-state index contributed by atoms with van der Waals surface area (Å²) in [4.78, 5) is 0. The van der Waals surface area contributed by atoms with Crippen molar-refractivity contribution in [2.45, 2.75) is 18.6 Å². The molecule has 1 saturated carbocycles. The lowest BCUT2D eigenvalue weighted by molar-refractivity contribution is 0.270. The first kappa shape index (κ1) is 4.92. The van der Waals surface area contributed by atoms with Gasteiger partial charge in [0.05, 0.1) is 0 Å². The smallest absolute Gasteiger partial charge is 0.0157 e. The first-order chi connectivity index (χ1) is 3.88. The second kappa shape index (κ2) is 1.53. The highest BCUT2D eigenvalue weighted by Crippen LogP contribution is 2.48. The predicted molar refractivity (Wildman–Crippen MR) is 37.8 cm³/mol. The van der Waals surface area contributed by atoms with Crippen LogP contribution in [0, 0.1) is 11.8 Å². The molecule has 0 aromatic heterocycles. The Bertz CT molecular complexity index is 128. The average molecular weight is 126 g/mol. The van der Waals surface area contributed by atoms with Crippen LogP contribution in [-0.4, -0.2) is 5.25 Å². The fraction of sp³-hybridized carbons (Fsp3) is 0.714. The van der Waals surface area contributed by atoms with Crippen LogP contribution in [0.2, 0.25) is 0 Å². The average Bonchev–Trinajstić information content (AvgIpc) is 2.09. The lowest BCUT2D eigenvalue weighted by Crippen LogP contribution is -2.32. The van der Waals surface area contributed by atoms with E-state index in [0.717, 1.165) is 17.1 Å². The van der Waals surface area contributed by atoms with Crippen LogP contribution >= 0.6 is 11.8 Å². The Morgan fingerprint density at radius 3 is 3.00 bits per heavy atom. The van der Waals surface area contributed by atoms with Crippen LogP contribution in [0.25, 0.3) is 0 Å². The maximum atomic E-state index is 2.36. The van der Waals surface area contributed by atoms with Gasteiger partial charge in [-0.2, -0.15) is 0 Å². The minimum Gasteiger partial charge on any atom is -0.130 e. The van der Waals surface area contributed by atoms with Crippen molar-refractivity contribution in [3.05, 3.63) is 11.5 Å². The number of thioether (sulfide) groups is 1. The summed E-state index contributed by atoms with van der Waals surface area (Å²) < 4.78 is 0. The molecule has 0 aromatic rings. The first-order valence-electron chi connectivity index (χ1n) is 3.20. The van der Waals surface area contributed by atoms with Gasteiger partial charge in [0.15, 0.2) is 0 Å². The second-order valence-electron chi connectivity index (χ2n) is 2.79. The summed E-state index contributed by atoms with van der Waals surface area (Å²) in [6.45, 7) is 2.34. The molecule has 0 spiro atoms. The van der Waals surface area contributed by atoms with E-state index in [-0.39, 0.29) is 0 Å². The third-order valence-corrected chi connectivity index (χ3v) is 3.42. The van der Waals surface area contributed by atoms with Crippen LogP contribution in [0.5, 0.6) is 0 Å². The Labute approximate surface area is 54.4 Å². The van der Waals surface area contributed by atoms with Crippen molar-refractivity contribution in [2.24, 2.45) is 11.8 Å². The summed E-state index contributed by atoms with van der Waals surface area (Å²) in [6, 6.07) is 0. The maximum Gasteiger partial charge on any atom is 0.0157 e. The van der Waals surface area contributed by atoms with E-state index in [9.17, 15) is 0 Å². The molecule has 0 radical (unpaired) electrons. The third kappa shape index (κ3) is 0.482. The molecule has 0 saturated heterocycles. The topological polar surface area (TPSA) is 0 Å². The Morgan fingerprint density at radius 2 is 2.50 bits per heavy atom. The van der Waals surface area contributed by atoms with Crippen molar-refractivity contribution in [3.63, 3.8) is 0 Å². The van der Waals surface area contributed by atoms with Crippen molar-refractivity contribution in [1.82, 2.24) is 0 Å². The van der Waals surface area contributed by atoms with Gasteiger partial charge < -0.3 is 0 Å². The van der Waals surface area contributed by atoms with E-state index in [2.05, 4.69) is 18.4 Å². The molecule has 3 atom stereocenters. The molecule has 8 heavy (non-hydrogen) atoms. The van der Waals surface area contributed by atoms with Crippen molar-refractivity contribution >= 4 is 11.8 Å². The zero-order valence-corrected chi connectivity index (χ0v) is 5.82. The van der Waals surface area contributed by atoms with Gasteiger partial charge in [0.1, 0.15) is 0 Å². The summed E-state index contributed by atoms with van der Waals surface area (Å²) in [6.07, 6.45) is 3.81. The fourth-order valence-electron chi connectivity index (χ4n) is 1.55. The third-order valence-electron chi connectivity index (χ3n) is 2.24. The van der Waals surface area contributed by atoms with Crippen molar-refractivity contribution in [2.75, 3.05) is 0 Å². The van der Waals surface area contributed by atoms with Crippen LogP contribution < -0.4 is 0 Å². The van der Waals surface area contributed by atoms with Gasteiger partial charge in [-0.25, -0.2) is 0 Å². The Morgan fingerprint density at radius 1 is 1.62 bits per heavy atom. The molecule has 44 valence electrons. The van der Waals surface area contributed by atoms with Gasteiger partial charge in [0.25, 0.3) is 0 Å². The van der Waals surface area contributed by atoms with Crippen molar-refractivity contribution in [1.29, 1.82) is 0 Å². The molecular weight excluding hydrogens is 116 g/mol. The summed E-state index contributed by atoms with van der Waals surface area (Å²) in [5.74, 6) is 1.92. The first-order valence-corrected chi connectivity index (χ1v) is 4.14. The van der Waals surface area contributed by atoms with Crippen molar-refractivity contribution < 1.29 is 0 Å². The number of hydrogen-bond donors (Lipinski definition) is 0. The standard InChI is InChI=1S/C7H10S/c1-5-4-7-6(5)2-3-8-7/h2-3,5-7H,4H2,1H3/t5-,6-,7+/m1/s1. The highest BCUT2D eigenvalue weighted by atomic mass is 32.2. The highest BCUT2D eigenvalue weighted by Gasteiger charge is 2.38. The Balaban J connectivity index is 2.10. The SMILES string of the molecule is C[C@@H]1C[C@@H]2SC=C[C@H]12. The van der Waals surface area contributed by atoms with Gasteiger partial charge in [0.2, 0.25) is 0 Å². The summed E-state index contributed by atoms with van der Waals surface area (Å²) >= 11 is 2.02. The van der Waals surface area contributed by atoms with E-state index in [4.69, 9.17) is 0 Å². The predicted octanol–water partition coefficient (Wildman–Crippen LogP) is 2.27. The minimum atomic E-state index is 0.944. The van der Waals surface area contributed by atoms with E-state index in [1.54, 1.807) is 0 Å². The van der Waals surface area contributed by atoms with Gasteiger partial charge in [0, 0.05) is 5.25 Å². The van der Waals surface area contributed by atoms with E-state index < -0.39 is 0 Å². The monoisotopic (exact) mass is 126 g/mol. The number of rotatable bonds is 0. The van der Waals surface area contributed by atoms with Gasteiger partial charge in [-0.15, -0.1) is 11.8 Å². The van der Waals surface area contributed by atoms with E-state index >= 15 is 0 Å². The molecule has 1 fully saturated rings. The molecule has 0 nitrogen and oxygen atoms in total. The maximum absolute atomic E-state index is 2.36. The van der Waals surface area contributed by atoms with E-state index in [1.165, 1.54) is 6.42 Å². The number of hydrogen-bond acceptors (Lipinski definition) is 1. The molecule has 0 unspecified atom stereocenters. The van der Waals surface area contributed by atoms with Crippen LogP contribution in [0.4, 0.5) is 0 Å². The molecule has 2 rings (SSSR count). The molecule has 0 aromatic carbocycles. The quantitative estimate of drug-likeness (QED) is 0.480. The molecule has 1 heteroatoms. The lowest BCUT2D eigenvalue weighted by atomic mass is 9.75. The van der Waals surface area contributed by atoms with Crippen LogP contribution in [0.15, 0.2) is 11.5 Å². The van der Waals surface area contributed by atoms with E-state index in [1.807, 2.05) is 11.8 Å². The largest absolute Gasteiger partial charge is 0.130 e. The number of allylic oxidation sites excluding steroid dienone is 1. The molecule has 1 aliphatic heterocycles. The molecule has 2 aliphatic rings. The van der Waals surface area contributed by atoms with Gasteiger partial charge in [-0.05, 0) is 23.7 Å². The number of fused-ring (bicyclic) bond motifs is 1. The Hall–Kier alpha value is 0.0900. The van der Waals surface area contributed by atoms with E-state index in [0.29, 0.717) is 0 Å². The molecule has 1 heterocycles. The van der Waals surface area contributed by atoms with Gasteiger partial charge in [-0.3, -0.25) is 0 Å². The van der Waals surface area contributed by atoms with Crippen LogP contribution in [-0.2, 0) is 0 Å². The Kier molecular flexibility index (Phi) is 0.944. The normalized spacial score (nSPS) is 50.9. The molecule has 0 N–H and O–H groups in total. The lowest BCUT2D eigenvalue weighted by Gasteiger charge is -2.36. The molecular formula is C7H10S. The van der Waals surface area contributed by atoms with Crippen molar-refractivity contribution in [3.8, 4) is 0 Å².